The molecule has 0 aliphatic heterocycles. The lowest BCUT2D eigenvalue weighted by Gasteiger charge is -2.07. The fraction of sp³-hybridized carbons (Fsp3) is 0.0667. The molecule has 94 valence electrons. The molecule has 0 bridgehead atoms. The fourth-order valence-corrected chi connectivity index (χ4v) is 2.43. The first-order valence-corrected chi connectivity index (χ1v) is 5.96. The Kier molecular flexibility index (Phi) is 2.56. The first-order chi connectivity index (χ1) is 9.18. The number of nitro groups is 1. The average molecular weight is 252 g/mol. The molecule has 0 atom stereocenters. The average Bonchev–Trinajstić information content (AvgIpc) is 2.81. The predicted octanol–water partition coefficient (Wildman–Crippen LogP) is 3.75. The quantitative estimate of drug-likeness (QED) is 0.515. The molecule has 3 aromatic rings. The minimum absolute atomic E-state index is 0.135. The summed E-state index contributed by atoms with van der Waals surface area (Å²) >= 11 is 0. The van der Waals surface area contributed by atoms with Crippen LogP contribution in [0.5, 0.6) is 0 Å². The van der Waals surface area contributed by atoms with Gasteiger partial charge in [-0.1, -0.05) is 30.3 Å². The number of rotatable bonds is 2. The SMILES string of the molecule is Cn1ccc2cccc(-c3ccccc3[N+](=O)[O-])c21. The van der Waals surface area contributed by atoms with Crippen LogP contribution in [0.3, 0.4) is 0 Å². The first-order valence-electron chi connectivity index (χ1n) is 5.96. The molecule has 0 spiro atoms. The normalized spacial score (nSPS) is 10.8. The lowest BCUT2D eigenvalue weighted by molar-refractivity contribution is -0.384. The maximum absolute atomic E-state index is 11.2. The Labute approximate surface area is 110 Å². The monoisotopic (exact) mass is 252 g/mol. The molecule has 0 fully saturated rings. The van der Waals surface area contributed by atoms with Crippen LogP contribution < -0.4 is 0 Å². The molecule has 0 saturated heterocycles. The van der Waals surface area contributed by atoms with Crippen LogP contribution in [-0.2, 0) is 7.05 Å². The number of aryl methyl sites for hydroxylation is 1. The molecule has 0 saturated carbocycles. The van der Waals surface area contributed by atoms with Crippen molar-refractivity contribution in [3.63, 3.8) is 0 Å². The summed E-state index contributed by atoms with van der Waals surface area (Å²) in [7, 11) is 1.95. The van der Waals surface area contributed by atoms with Gasteiger partial charge in [-0.05, 0) is 12.1 Å². The van der Waals surface area contributed by atoms with E-state index in [1.165, 1.54) is 6.07 Å². The van der Waals surface area contributed by atoms with E-state index in [1.807, 2.05) is 48.1 Å². The van der Waals surface area contributed by atoms with E-state index in [-0.39, 0.29) is 10.6 Å². The number of aromatic nitrogens is 1. The van der Waals surface area contributed by atoms with Crippen LogP contribution in [-0.4, -0.2) is 9.49 Å². The van der Waals surface area contributed by atoms with E-state index in [4.69, 9.17) is 0 Å². The van der Waals surface area contributed by atoms with Crippen LogP contribution in [0.2, 0.25) is 0 Å². The summed E-state index contributed by atoms with van der Waals surface area (Å²) in [5.41, 5.74) is 2.69. The summed E-state index contributed by atoms with van der Waals surface area (Å²) in [6.45, 7) is 0. The van der Waals surface area contributed by atoms with Crippen LogP contribution in [0, 0.1) is 10.1 Å². The van der Waals surface area contributed by atoms with E-state index in [0.29, 0.717) is 5.56 Å². The number of hydrogen-bond donors (Lipinski definition) is 0. The van der Waals surface area contributed by atoms with E-state index in [2.05, 4.69) is 0 Å². The summed E-state index contributed by atoms with van der Waals surface area (Å²) in [5, 5.41) is 12.2. The highest BCUT2D eigenvalue weighted by molar-refractivity contribution is 5.96. The summed E-state index contributed by atoms with van der Waals surface area (Å²) in [6, 6.07) is 14.7. The highest BCUT2D eigenvalue weighted by atomic mass is 16.6. The number of hydrogen-bond acceptors (Lipinski definition) is 2. The van der Waals surface area contributed by atoms with Gasteiger partial charge in [0.05, 0.1) is 16.0 Å². The highest BCUT2D eigenvalue weighted by Crippen LogP contribution is 2.34. The van der Waals surface area contributed by atoms with Crippen LogP contribution in [0.15, 0.2) is 54.7 Å². The second-order valence-corrected chi connectivity index (χ2v) is 4.44. The molecule has 1 aromatic heterocycles. The summed E-state index contributed by atoms with van der Waals surface area (Å²) < 4.78 is 1.99. The standard InChI is InChI=1S/C15H12N2O2/c1-16-10-9-11-5-4-7-13(15(11)16)12-6-2-3-8-14(12)17(18)19/h2-10H,1H3. The molecule has 0 aliphatic rings. The minimum Gasteiger partial charge on any atom is -0.350 e. The molecule has 2 aromatic carbocycles. The van der Waals surface area contributed by atoms with Crippen molar-refractivity contribution in [2.45, 2.75) is 0 Å². The smallest absolute Gasteiger partial charge is 0.277 e. The van der Waals surface area contributed by atoms with Crippen molar-refractivity contribution in [3.8, 4) is 11.1 Å². The Bertz CT molecular complexity index is 775. The second kappa shape index (κ2) is 4.24. The third kappa shape index (κ3) is 1.78. The molecular formula is C15H12N2O2. The number of nitro benzene ring substituents is 1. The van der Waals surface area contributed by atoms with Crippen molar-refractivity contribution in [3.05, 3.63) is 64.8 Å². The van der Waals surface area contributed by atoms with E-state index < -0.39 is 0 Å². The number of fused-ring (bicyclic) bond motifs is 1. The fourth-order valence-electron chi connectivity index (χ4n) is 2.43. The highest BCUT2D eigenvalue weighted by Gasteiger charge is 2.16. The van der Waals surface area contributed by atoms with Crippen molar-refractivity contribution >= 4 is 16.6 Å². The van der Waals surface area contributed by atoms with Crippen LogP contribution in [0.1, 0.15) is 0 Å². The first kappa shape index (κ1) is 11.5. The Balaban J connectivity index is 2.37. The van der Waals surface area contributed by atoms with Crippen molar-refractivity contribution in [2.75, 3.05) is 0 Å². The lowest BCUT2D eigenvalue weighted by atomic mass is 10.0. The van der Waals surface area contributed by atoms with E-state index in [0.717, 1.165) is 16.5 Å². The molecule has 0 unspecified atom stereocenters. The maximum atomic E-state index is 11.2. The third-order valence-corrected chi connectivity index (χ3v) is 3.29. The Morgan fingerprint density at radius 2 is 1.74 bits per heavy atom. The van der Waals surface area contributed by atoms with E-state index >= 15 is 0 Å². The van der Waals surface area contributed by atoms with Gasteiger partial charge in [-0.15, -0.1) is 0 Å². The third-order valence-electron chi connectivity index (χ3n) is 3.29. The zero-order valence-electron chi connectivity index (χ0n) is 10.4. The molecule has 0 amide bonds. The molecule has 0 radical (unpaired) electrons. The topological polar surface area (TPSA) is 48.1 Å². The van der Waals surface area contributed by atoms with Gasteiger partial charge in [0.2, 0.25) is 0 Å². The Morgan fingerprint density at radius 3 is 2.53 bits per heavy atom. The number of para-hydroxylation sites is 2. The number of benzene rings is 2. The largest absolute Gasteiger partial charge is 0.350 e. The molecule has 4 heteroatoms. The van der Waals surface area contributed by atoms with Gasteiger partial charge in [-0.25, -0.2) is 0 Å². The minimum atomic E-state index is -0.336. The van der Waals surface area contributed by atoms with Crippen molar-refractivity contribution in [1.29, 1.82) is 0 Å². The Morgan fingerprint density at radius 1 is 1.00 bits per heavy atom. The maximum Gasteiger partial charge on any atom is 0.277 e. The molecule has 0 aliphatic carbocycles. The zero-order valence-corrected chi connectivity index (χ0v) is 10.4. The molecular weight excluding hydrogens is 240 g/mol. The summed E-state index contributed by atoms with van der Waals surface area (Å²) in [4.78, 5) is 10.8. The van der Waals surface area contributed by atoms with Crippen molar-refractivity contribution < 1.29 is 4.92 Å². The van der Waals surface area contributed by atoms with Gasteiger partial charge in [0.15, 0.2) is 0 Å². The summed E-state index contributed by atoms with van der Waals surface area (Å²) in [6.07, 6.45) is 1.96. The van der Waals surface area contributed by atoms with Gasteiger partial charge in [0.1, 0.15) is 0 Å². The molecule has 19 heavy (non-hydrogen) atoms. The van der Waals surface area contributed by atoms with Gasteiger partial charge in [0.25, 0.3) is 5.69 Å². The van der Waals surface area contributed by atoms with Gasteiger partial charge < -0.3 is 4.57 Å². The van der Waals surface area contributed by atoms with Gasteiger partial charge in [0, 0.05) is 30.3 Å². The van der Waals surface area contributed by atoms with Gasteiger partial charge in [-0.3, -0.25) is 10.1 Å². The van der Waals surface area contributed by atoms with Crippen LogP contribution >= 0.6 is 0 Å². The van der Waals surface area contributed by atoms with Crippen molar-refractivity contribution in [1.82, 2.24) is 4.57 Å². The zero-order chi connectivity index (χ0) is 13.4. The van der Waals surface area contributed by atoms with Crippen LogP contribution in [0.25, 0.3) is 22.0 Å². The van der Waals surface area contributed by atoms with Crippen LogP contribution in [0.4, 0.5) is 5.69 Å². The summed E-state index contributed by atoms with van der Waals surface area (Å²) in [5.74, 6) is 0. The lowest BCUT2D eigenvalue weighted by Crippen LogP contribution is -1.94. The molecule has 3 rings (SSSR count). The predicted molar refractivity (Wildman–Crippen MR) is 75.0 cm³/mol. The van der Waals surface area contributed by atoms with E-state index in [9.17, 15) is 10.1 Å². The molecule has 4 nitrogen and oxygen atoms in total. The Hall–Kier alpha value is -2.62. The van der Waals surface area contributed by atoms with Crippen molar-refractivity contribution in [2.24, 2.45) is 7.05 Å². The molecule has 0 N–H and O–H groups in total. The molecule has 1 heterocycles. The number of nitrogens with zero attached hydrogens (tertiary/aromatic N) is 2. The van der Waals surface area contributed by atoms with E-state index in [1.54, 1.807) is 12.1 Å². The second-order valence-electron chi connectivity index (χ2n) is 4.44. The van der Waals surface area contributed by atoms with Gasteiger partial charge in [-0.2, -0.15) is 0 Å². The van der Waals surface area contributed by atoms with Gasteiger partial charge >= 0.3 is 0 Å².